The van der Waals surface area contributed by atoms with Crippen molar-refractivity contribution in [2.45, 2.75) is 12.8 Å². The van der Waals surface area contributed by atoms with Crippen molar-refractivity contribution in [3.8, 4) is 11.1 Å². The molecule has 0 atom stereocenters. The topological polar surface area (TPSA) is 58.8 Å². The van der Waals surface area contributed by atoms with E-state index in [1.165, 1.54) is 4.90 Å². The van der Waals surface area contributed by atoms with Gasteiger partial charge in [0.05, 0.1) is 25.9 Å². The summed E-state index contributed by atoms with van der Waals surface area (Å²) in [5.74, 6) is 0.0817. The molecule has 3 aromatic rings. The van der Waals surface area contributed by atoms with Crippen LogP contribution < -0.4 is 0 Å². The summed E-state index contributed by atoms with van der Waals surface area (Å²) in [6.07, 6.45) is 6.08. The van der Waals surface area contributed by atoms with Gasteiger partial charge in [-0.25, -0.2) is 0 Å². The second kappa shape index (κ2) is 8.76. The van der Waals surface area contributed by atoms with Crippen molar-refractivity contribution in [3.63, 3.8) is 0 Å². The molecule has 1 aromatic carbocycles. The molecule has 0 radical (unpaired) electrons. The van der Waals surface area contributed by atoms with Crippen molar-refractivity contribution in [3.05, 3.63) is 54.0 Å². The maximum absolute atomic E-state index is 12.6. The number of hydrogen-bond donors (Lipinski definition) is 0. The first-order chi connectivity index (χ1) is 15.3. The zero-order valence-corrected chi connectivity index (χ0v) is 16.6. The average Bonchev–Trinajstić information content (AvgIpc) is 3.19. The molecule has 1 saturated heterocycles. The van der Waals surface area contributed by atoms with E-state index in [0.717, 1.165) is 33.2 Å². The van der Waals surface area contributed by atoms with Gasteiger partial charge in [-0.2, -0.15) is 0 Å². The van der Waals surface area contributed by atoms with E-state index in [2.05, 4.69) is 4.98 Å². The highest BCUT2D eigenvalue weighted by Crippen LogP contribution is 2.28. The van der Waals surface area contributed by atoms with E-state index in [1.807, 2.05) is 29.2 Å². The number of carbonyl (C=O) groups excluding carboxylic acids is 1. The molecule has 6 nitrogen and oxygen atoms in total. The van der Waals surface area contributed by atoms with Crippen LogP contribution in [-0.2, 0) is 22.4 Å². The second-order valence-corrected chi connectivity index (χ2v) is 7.40. The Labute approximate surface area is 175 Å². The third-order valence-corrected chi connectivity index (χ3v) is 5.22. The first-order valence-corrected chi connectivity index (χ1v) is 9.82. The van der Waals surface area contributed by atoms with Gasteiger partial charge in [0, 0.05) is 47.1 Å². The molecule has 152 valence electrons. The number of benzene rings is 1. The van der Waals surface area contributed by atoms with Gasteiger partial charge in [-0.05, 0) is 55.3 Å². The number of hydrogen-bond acceptors (Lipinski definition) is 5. The lowest BCUT2D eigenvalue weighted by atomic mass is 10.0. The minimum Gasteiger partial charge on any atom is -0.464 e. The third-order valence-electron chi connectivity index (χ3n) is 5.22. The van der Waals surface area contributed by atoms with Crippen molar-refractivity contribution < 1.29 is 18.1 Å². The predicted octanol–water partition coefficient (Wildman–Crippen LogP) is 3.00. The maximum Gasteiger partial charge on any atom is 0.227 e. The summed E-state index contributed by atoms with van der Waals surface area (Å²) in [5, 5.41) is 0.955. The second-order valence-electron chi connectivity index (χ2n) is 7.40. The predicted molar refractivity (Wildman–Crippen MR) is 113 cm³/mol. The molecule has 0 aliphatic carbocycles. The van der Waals surface area contributed by atoms with Crippen LogP contribution in [0.5, 0.6) is 0 Å². The molecule has 29 heavy (non-hydrogen) atoms. The van der Waals surface area contributed by atoms with Crippen LogP contribution in [0.4, 0.5) is 0 Å². The first-order valence-electron chi connectivity index (χ1n) is 11.3. The van der Waals surface area contributed by atoms with E-state index in [0.29, 0.717) is 45.7 Å². The molecule has 1 aliphatic rings. The third kappa shape index (κ3) is 4.66. The van der Waals surface area contributed by atoms with Crippen molar-refractivity contribution in [2.75, 3.05) is 46.9 Å². The summed E-state index contributed by atoms with van der Waals surface area (Å²) in [7, 11) is 1.59. The van der Waals surface area contributed by atoms with Gasteiger partial charge in [-0.15, -0.1) is 0 Å². The minimum absolute atomic E-state index is 0.0817. The number of likely N-dealkylation sites (N-methyl/N-ethyl adjacent to an activating group) is 1. The Morgan fingerprint density at radius 3 is 2.93 bits per heavy atom. The quantitative estimate of drug-likeness (QED) is 0.638. The van der Waals surface area contributed by atoms with Crippen LogP contribution >= 0.6 is 0 Å². The Balaban J connectivity index is 1.52. The van der Waals surface area contributed by atoms with E-state index in [4.69, 9.17) is 13.3 Å². The fourth-order valence-corrected chi connectivity index (χ4v) is 3.58. The monoisotopic (exact) mass is 399 g/mol. The molecule has 3 heterocycles. The van der Waals surface area contributed by atoms with Gasteiger partial charge in [0.2, 0.25) is 5.91 Å². The van der Waals surface area contributed by atoms with Crippen LogP contribution in [0.1, 0.15) is 15.2 Å². The zero-order valence-electron chi connectivity index (χ0n) is 19.6. The largest absolute Gasteiger partial charge is 0.464 e. The number of fused-ring (bicyclic) bond motifs is 1. The highest BCUT2D eigenvalue weighted by atomic mass is 16.5. The number of amides is 1. The van der Waals surface area contributed by atoms with Gasteiger partial charge < -0.3 is 19.0 Å². The smallest absolute Gasteiger partial charge is 0.227 e. The van der Waals surface area contributed by atoms with Crippen LogP contribution in [0.25, 0.3) is 22.1 Å². The summed E-state index contributed by atoms with van der Waals surface area (Å²) in [6.45, 7) is 0.704. The number of morpholine rings is 1. The molecule has 0 N–H and O–H groups in total. The molecule has 6 heteroatoms. The molecule has 1 amide bonds. The Hall–Kier alpha value is -2.70. The van der Waals surface area contributed by atoms with Crippen molar-refractivity contribution in [1.82, 2.24) is 14.8 Å². The molecule has 0 saturated carbocycles. The number of furan rings is 1. The van der Waals surface area contributed by atoms with Crippen molar-refractivity contribution in [2.24, 2.45) is 0 Å². The fourth-order valence-electron chi connectivity index (χ4n) is 3.58. The van der Waals surface area contributed by atoms with Crippen LogP contribution in [0, 0.1) is 0 Å². The van der Waals surface area contributed by atoms with Crippen LogP contribution in [0.3, 0.4) is 0 Å². The minimum atomic E-state index is -2.12. The number of rotatable bonds is 6. The van der Waals surface area contributed by atoms with Crippen molar-refractivity contribution in [1.29, 1.82) is 0 Å². The number of nitrogens with zero attached hydrogens (tertiary/aromatic N) is 3. The Bertz CT molecular complexity index is 1090. The number of carbonyl (C=O) groups is 1. The molecular weight excluding hydrogens is 366 g/mol. The SMILES string of the molecule is [3H]C([3H])([3H])N(C)CCc1coc2ccc(-c3cncc(CC(=O)N4CCOCC4)c3)cc12. The lowest BCUT2D eigenvalue weighted by Crippen LogP contribution is -2.41. The Morgan fingerprint density at radius 1 is 1.24 bits per heavy atom. The van der Waals surface area contributed by atoms with E-state index in [1.54, 1.807) is 25.7 Å². The van der Waals surface area contributed by atoms with Gasteiger partial charge in [0.25, 0.3) is 0 Å². The highest BCUT2D eigenvalue weighted by molar-refractivity contribution is 5.86. The summed E-state index contributed by atoms with van der Waals surface area (Å²) in [6, 6.07) is 7.91. The Morgan fingerprint density at radius 2 is 2.10 bits per heavy atom. The molecule has 1 fully saturated rings. The highest BCUT2D eigenvalue weighted by Gasteiger charge is 2.17. The lowest BCUT2D eigenvalue weighted by molar-refractivity contribution is -0.134. The lowest BCUT2D eigenvalue weighted by Gasteiger charge is -2.26. The fraction of sp³-hybridized carbons (Fsp3) is 0.391. The number of pyridine rings is 1. The van der Waals surface area contributed by atoms with Crippen LogP contribution in [0.15, 0.2) is 47.3 Å². The van der Waals surface area contributed by atoms with E-state index in [9.17, 15) is 4.79 Å². The van der Waals surface area contributed by atoms with E-state index in [-0.39, 0.29) is 5.91 Å². The average molecular weight is 400 g/mol. The number of aromatic nitrogens is 1. The van der Waals surface area contributed by atoms with E-state index < -0.39 is 6.98 Å². The van der Waals surface area contributed by atoms with Gasteiger partial charge in [-0.1, -0.05) is 6.07 Å². The summed E-state index contributed by atoms with van der Waals surface area (Å²) in [4.78, 5) is 20.1. The first kappa shape index (κ1) is 16.1. The molecule has 0 unspecified atom stereocenters. The molecule has 4 rings (SSSR count). The van der Waals surface area contributed by atoms with Crippen LogP contribution in [-0.4, -0.2) is 67.6 Å². The summed E-state index contributed by atoms with van der Waals surface area (Å²) in [5.41, 5.74) is 4.48. The standard InChI is InChI=1S/C23H27N3O3/c1-25(2)6-5-19-16-29-22-4-3-18(13-21(19)22)20-11-17(14-24-15-20)12-23(27)26-7-9-28-10-8-26/h3-4,11,13-16H,5-10,12H2,1-2H3/i1T3. The molecule has 2 aromatic heterocycles. The van der Waals surface area contributed by atoms with E-state index >= 15 is 0 Å². The summed E-state index contributed by atoms with van der Waals surface area (Å²) < 4.78 is 33.5. The van der Waals surface area contributed by atoms with Gasteiger partial charge in [0.1, 0.15) is 5.58 Å². The molecule has 1 aliphatic heterocycles. The Kier molecular flexibility index (Phi) is 4.87. The maximum atomic E-state index is 12.6. The van der Waals surface area contributed by atoms with Crippen LogP contribution in [0.2, 0.25) is 0 Å². The van der Waals surface area contributed by atoms with Crippen molar-refractivity contribution >= 4 is 16.9 Å². The summed E-state index contributed by atoms with van der Waals surface area (Å²) >= 11 is 0. The molecule has 0 bridgehead atoms. The molecular formula is C23H27N3O3. The number of ether oxygens (including phenoxy) is 1. The normalized spacial score (nSPS) is 16.6. The van der Waals surface area contributed by atoms with Gasteiger partial charge >= 0.3 is 0 Å². The van der Waals surface area contributed by atoms with Gasteiger partial charge in [-0.3, -0.25) is 9.78 Å². The van der Waals surface area contributed by atoms with Gasteiger partial charge in [0.15, 0.2) is 0 Å². The molecule has 0 spiro atoms. The zero-order chi connectivity index (χ0) is 22.7.